The summed E-state index contributed by atoms with van der Waals surface area (Å²) in [6.07, 6.45) is 5.42. The van der Waals surface area contributed by atoms with Gasteiger partial charge in [-0.2, -0.15) is 0 Å². The first-order valence-electron chi connectivity index (χ1n) is 7.50. The molecule has 0 fully saturated rings. The summed E-state index contributed by atoms with van der Waals surface area (Å²) in [5.74, 6) is -0.105. The molecule has 0 radical (unpaired) electrons. The van der Waals surface area contributed by atoms with Gasteiger partial charge in [0.15, 0.2) is 6.10 Å². The fourth-order valence-electron chi connectivity index (χ4n) is 2.39. The monoisotopic (exact) mass is 337 g/mol. The van der Waals surface area contributed by atoms with E-state index in [1.165, 1.54) is 14.0 Å². The van der Waals surface area contributed by atoms with Gasteiger partial charge in [-0.15, -0.1) is 0 Å². The van der Waals surface area contributed by atoms with E-state index < -0.39 is 12.0 Å². The van der Waals surface area contributed by atoms with Crippen molar-refractivity contribution in [1.29, 1.82) is 0 Å². The molecule has 23 heavy (non-hydrogen) atoms. The second kappa shape index (κ2) is 8.02. The minimum atomic E-state index is -0.892. The summed E-state index contributed by atoms with van der Waals surface area (Å²) in [5, 5.41) is 3.13. The molecule has 0 saturated heterocycles. The van der Waals surface area contributed by atoms with Gasteiger partial charge in [-0.25, -0.2) is 0 Å². The number of amides is 1. The van der Waals surface area contributed by atoms with Gasteiger partial charge in [0.25, 0.3) is 5.91 Å². The Morgan fingerprint density at radius 3 is 2.87 bits per heavy atom. The Kier molecular flexibility index (Phi) is 6.04. The van der Waals surface area contributed by atoms with Crippen molar-refractivity contribution >= 4 is 29.2 Å². The van der Waals surface area contributed by atoms with Gasteiger partial charge in [0.2, 0.25) is 0 Å². The zero-order valence-electron chi connectivity index (χ0n) is 13.2. The molecule has 0 spiro atoms. The predicted octanol–water partition coefficient (Wildman–Crippen LogP) is 3.58. The molecule has 124 valence electrons. The smallest absolute Gasteiger partial charge is 0.307 e. The van der Waals surface area contributed by atoms with Crippen molar-refractivity contribution in [3.63, 3.8) is 0 Å². The topological polar surface area (TPSA) is 64.6 Å². The number of allylic oxidation sites excluding steroid dienone is 2. The first kappa shape index (κ1) is 17.3. The minimum Gasteiger partial charge on any atom is -0.495 e. The lowest BCUT2D eigenvalue weighted by molar-refractivity contribution is -0.153. The van der Waals surface area contributed by atoms with Gasteiger partial charge in [0, 0.05) is 5.02 Å². The Morgan fingerprint density at radius 1 is 1.43 bits per heavy atom. The molecule has 1 N–H and O–H groups in total. The van der Waals surface area contributed by atoms with Crippen LogP contribution in [-0.4, -0.2) is 25.1 Å². The maximum absolute atomic E-state index is 12.2. The van der Waals surface area contributed by atoms with E-state index in [-0.39, 0.29) is 11.9 Å². The van der Waals surface area contributed by atoms with E-state index in [9.17, 15) is 9.59 Å². The molecule has 0 unspecified atom stereocenters. The molecule has 2 atom stereocenters. The van der Waals surface area contributed by atoms with Crippen LogP contribution in [0.5, 0.6) is 5.75 Å². The van der Waals surface area contributed by atoms with Gasteiger partial charge in [0.1, 0.15) is 5.75 Å². The number of hydrogen-bond acceptors (Lipinski definition) is 4. The summed E-state index contributed by atoms with van der Waals surface area (Å²) in [6.45, 7) is 1.54. The maximum Gasteiger partial charge on any atom is 0.307 e. The zero-order chi connectivity index (χ0) is 16.8. The van der Waals surface area contributed by atoms with Gasteiger partial charge in [0.05, 0.1) is 19.2 Å². The van der Waals surface area contributed by atoms with Crippen molar-refractivity contribution in [3.8, 4) is 5.75 Å². The van der Waals surface area contributed by atoms with Crippen molar-refractivity contribution < 1.29 is 19.1 Å². The van der Waals surface area contributed by atoms with Crippen LogP contribution in [-0.2, 0) is 14.3 Å². The Balaban J connectivity index is 1.90. The number of methoxy groups -OCH3 is 1. The van der Waals surface area contributed by atoms with Crippen LogP contribution in [0, 0.1) is 5.92 Å². The molecule has 0 bridgehead atoms. The molecular formula is C17H20ClNO4. The summed E-state index contributed by atoms with van der Waals surface area (Å²) in [7, 11) is 1.50. The highest BCUT2D eigenvalue weighted by Crippen LogP contribution is 2.28. The van der Waals surface area contributed by atoms with Gasteiger partial charge in [-0.3, -0.25) is 9.59 Å². The molecule has 1 aliphatic carbocycles. The third kappa shape index (κ3) is 4.99. The number of benzene rings is 1. The van der Waals surface area contributed by atoms with E-state index in [4.69, 9.17) is 21.1 Å². The Morgan fingerprint density at radius 2 is 2.22 bits per heavy atom. The van der Waals surface area contributed by atoms with Crippen molar-refractivity contribution in [2.24, 2.45) is 5.92 Å². The van der Waals surface area contributed by atoms with E-state index in [0.717, 1.165) is 12.8 Å². The summed E-state index contributed by atoms with van der Waals surface area (Å²) in [6, 6.07) is 4.89. The van der Waals surface area contributed by atoms with Gasteiger partial charge < -0.3 is 14.8 Å². The molecule has 1 amide bonds. The molecular weight excluding hydrogens is 318 g/mol. The number of halogens is 1. The predicted molar refractivity (Wildman–Crippen MR) is 88.7 cm³/mol. The number of carbonyl (C=O) groups excluding carboxylic acids is 2. The van der Waals surface area contributed by atoms with Gasteiger partial charge in [-0.05, 0) is 43.9 Å². The maximum atomic E-state index is 12.2. The van der Waals surface area contributed by atoms with Crippen molar-refractivity contribution in [2.75, 3.05) is 12.4 Å². The van der Waals surface area contributed by atoms with Gasteiger partial charge >= 0.3 is 5.97 Å². The van der Waals surface area contributed by atoms with Crippen LogP contribution in [0.3, 0.4) is 0 Å². The number of ether oxygens (including phenoxy) is 2. The number of hydrogen-bond donors (Lipinski definition) is 1. The fourth-order valence-corrected chi connectivity index (χ4v) is 2.56. The van der Waals surface area contributed by atoms with Gasteiger partial charge in [-0.1, -0.05) is 23.8 Å². The SMILES string of the molecule is COc1ccc(Cl)cc1NC(=O)[C@@H](C)OC(=O)C[C@@H]1C=CCC1. The van der Waals surface area contributed by atoms with Crippen LogP contribution < -0.4 is 10.1 Å². The summed E-state index contributed by atoms with van der Waals surface area (Å²) in [5.41, 5.74) is 0.437. The van der Waals surface area contributed by atoms with Crippen molar-refractivity contribution in [3.05, 3.63) is 35.4 Å². The van der Waals surface area contributed by atoms with Crippen LogP contribution in [0.15, 0.2) is 30.4 Å². The first-order valence-corrected chi connectivity index (χ1v) is 7.88. The highest BCUT2D eigenvalue weighted by atomic mass is 35.5. The van der Waals surface area contributed by atoms with Crippen LogP contribution in [0.4, 0.5) is 5.69 Å². The second-order valence-electron chi connectivity index (χ2n) is 5.44. The molecule has 0 aromatic heterocycles. The van der Waals surface area contributed by atoms with Crippen LogP contribution in [0.2, 0.25) is 5.02 Å². The molecule has 1 aromatic carbocycles. The summed E-state index contributed by atoms with van der Waals surface area (Å²) >= 11 is 5.92. The lowest BCUT2D eigenvalue weighted by Gasteiger charge is -2.16. The average Bonchev–Trinajstić information content (AvgIpc) is 3.00. The number of rotatable bonds is 6. The number of esters is 1. The molecule has 0 aliphatic heterocycles. The summed E-state index contributed by atoms with van der Waals surface area (Å²) in [4.78, 5) is 24.0. The first-order chi connectivity index (χ1) is 11.0. The minimum absolute atomic E-state index is 0.214. The summed E-state index contributed by atoms with van der Waals surface area (Å²) < 4.78 is 10.4. The highest BCUT2D eigenvalue weighted by Gasteiger charge is 2.21. The third-order valence-corrected chi connectivity index (χ3v) is 3.87. The molecule has 1 aliphatic rings. The zero-order valence-corrected chi connectivity index (χ0v) is 13.9. The highest BCUT2D eigenvalue weighted by molar-refractivity contribution is 6.31. The molecule has 5 nitrogen and oxygen atoms in total. The Labute approximate surface area is 140 Å². The van der Waals surface area contributed by atoms with E-state index >= 15 is 0 Å². The number of carbonyl (C=O) groups is 2. The Bertz CT molecular complexity index is 615. The van der Waals surface area contributed by atoms with E-state index in [1.54, 1.807) is 18.2 Å². The standard InChI is InChI=1S/C17H20ClNO4/c1-11(23-16(20)9-12-5-3-4-6-12)17(21)19-14-10-13(18)7-8-15(14)22-2/h3,5,7-8,10-12H,4,6,9H2,1-2H3,(H,19,21)/t11-,12-/m1/s1. The molecule has 0 heterocycles. The Hall–Kier alpha value is -2.01. The molecule has 0 saturated carbocycles. The quantitative estimate of drug-likeness (QED) is 0.636. The lowest BCUT2D eigenvalue weighted by Crippen LogP contribution is -2.30. The largest absolute Gasteiger partial charge is 0.495 e. The van der Waals surface area contributed by atoms with Crippen molar-refractivity contribution in [2.45, 2.75) is 32.3 Å². The van der Waals surface area contributed by atoms with E-state index in [1.807, 2.05) is 6.08 Å². The normalized spacial score (nSPS) is 17.6. The fraction of sp³-hybridized carbons (Fsp3) is 0.412. The lowest BCUT2D eigenvalue weighted by atomic mass is 10.1. The van der Waals surface area contributed by atoms with Crippen LogP contribution >= 0.6 is 11.6 Å². The van der Waals surface area contributed by atoms with Crippen molar-refractivity contribution in [1.82, 2.24) is 0 Å². The van der Waals surface area contributed by atoms with Crippen LogP contribution in [0.25, 0.3) is 0 Å². The number of anilines is 1. The van der Waals surface area contributed by atoms with E-state index in [0.29, 0.717) is 22.9 Å². The molecule has 6 heteroatoms. The second-order valence-corrected chi connectivity index (χ2v) is 5.87. The van der Waals surface area contributed by atoms with E-state index in [2.05, 4.69) is 11.4 Å². The van der Waals surface area contributed by atoms with Crippen LogP contribution in [0.1, 0.15) is 26.2 Å². The average molecular weight is 338 g/mol. The molecule has 1 aromatic rings. The number of nitrogens with one attached hydrogen (secondary N) is 1. The molecule has 2 rings (SSSR count). The third-order valence-electron chi connectivity index (χ3n) is 3.64.